The van der Waals surface area contributed by atoms with Gasteiger partial charge in [-0.15, -0.1) is 0 Å². The average Bonchev–Trinajstić information content (AvgIpc) is 2.83. The van der Waals surface area contributed by atoms with Crippen molar-refractivity contribution in [3.8, 4) is 5.69 Å². The quantitative estimate of drug-likeness (QED) is 0.803. The molecule has 3 aromatic rings. The highest BCUT2D eigenvalue weighted by Crippen LogP contribution is 2.25. The lowest BCUT2D eigenvalue weighted by molar-refractivity contribution is 0.0982. The number of para-hydroxylation sites is 1. The van der Waals surface area contributed by atoms with Crippen LogP contribution >= 0.6 is 0 Å². The zero-order chi connectivity index (χ0) is 16.6. The number of sulfonamides is 1. The van der Waals surface area contributed by atoms with Gasteiger partial charge in [-0.2, -0.15) is 0 Å². The predicted molar refractivity (Wildman–Crippen MR) is 90.3 cm³/mol. The van der Waals surface area contributed by atoms with E-state index in [2.05, 4.69) is 0 Å². The monoisotopic (exact) mass is 328 g/mol. The number of benzene rings is 2. The van der Waals surface area contributed by atoms with E-state index < -0.39 is 15.9 Å². The largest absolute Gasteiger partial charge is 0.316 e. The first-order valence-corrected chi connectivity index (χ1v) is 8.93. The van der Waals surface area contributed by atoms with Gasteiger partial charge in [0.2, 0.25) is 10.0 Å². The van der Waals surface area contributed by atoms with E-state index in [1.54, 1.807) is 12.1 Å². The number of aryl methyl sites for hydroxylation is 1. The number of hydrogen-bond acceptors (Lipinski definition) is 3. The molecule has 1 aromatic heterocycles. The van der Waals surface area contributed by atoms with Gasteiger partial charge in [0.15, 0.2) is 0 Å². The molecule has 0 bridgehead atoms. The molecule has 0 fully saturated rings. The van der Waals surface area contributed by atoms with Gasteiger partial charge >= 0.3 is 0 Å². The van der Waals surface area contributed by atoms with E-state index in [1.165, 1.54) is 0 Å². The minimum atomic E-state index is -3.58. The van der Waals surface area contributed by atoms with Gasteiger partial charge in [0.05, 0.1) is 11.8 Å². The summed E-state index contributed by atoms with van der Waals surface area (Å²) in [6.07, 6.45) is 2.96. The highest BCUT2D eigenvalue weighted by atomic mass is 32.2. The van der Waals surface area contributed by atoms with Crippen molar-refractivity contribution < 1.29 is 13.2 Å². The molecule has 0 saturated carbocycles. The lowest BCUT2D eigenvalue weighted by Crippen LogP contribution is -2.29. The van der Waals surface area contributed by atoms with Crippen molar-refractivity contribution in [3.63, 3.8) is 0 Å². The molecule has 0 unspecified atom stereocenters. The number of rotatable bonds is 3. The van der Waals surface area contributed by atoms with Crippen LogP contribution in [0.2, 0.25) is 0 Å². The summed E-state index contributed by atoms with van der Waals surface area (Å²) in [7, 11) is -3.58. The van der Waals surface area contributed by atoms with Crippen LogP contribution in [0.5, 0.6) is 0 Å². The highest BCUT2D eigenvalue weighted by molar-refractivity contribution is 7.89. The number of fused-ring (bicyclic) bond motifs is 1. The Labute approximate surface area is 134 Å². The normalized spacial score (nSPS) is 11.6. The number of nitrogens with one attached hydrogen (secondary N) is 1. The van der Waals surface area contributed by atoms with Crippen molar-refractivity contribution in [1.29, 1.82) is 0 Å². The first kappa shape index (κ1) is 15.3. The topological polar surface area (TPSA) is 68.2 Å². The number of carbonyl (C=O) groups is 1. The standard InChI is InChI=1S/C17H16N2O3S/c1-12-11-19(14-6-4-3-5-7-14)16-9-8-13(10-15(12)16)17(20)18-23(2,21)22/h3-11H,1-2H3,(H,18,20). The van der Waals surface area contributed by atoms with Gasteiger partial charge in [-0.3, -0.25) is 4.79 Å². The summed E-state index contributed by atoms with van der Waals surface area (Å²) in [5.41, 5.74) is 3.32. The fourth-order valence-corrected chi connectivity index (χ4v) is 3.02. The third-order valence-electron chi connectivity index (χ3n) is 3.58. The average molecular weight is 328 g/mol. The van der Waals surface area contributed by atoms with E-state index in [0.29, 0.717) is 5.56 Å². The van der Waals surface area contributed by atoms with Gasteiger partial charge in [-0.05, 0) is 42.8 Å². The second-order valence-corrected chi connectivity index (χ2v) is 7.20. The smallest absolute Gasteiger partial charge is 0.264 e. The van der Waals surface area contributed by atoms with Crippen LogP contribution < -0.4 is 4.72 Å². The Morgan fingerprint density at radius 3 is 2.43 bits per heavy atom. The third-order valence-corrected chi connectivity index (χ3v) is 4.13. The fraction of sp³-hybridized carbons (Fsp3) is 0.118. The van der Waals surface area contributed by atoms with Gasteiger partial charge in [0, 0.05) is 22.8 Å². The predicted octanol–water partition coefficient (Wildman–Crippen LogP) is 2.63. The zero-order valence-corrected chi connectivity index (χ0v) is 13.6. The van der Waals surface area contributed by atoms with Crippen molar-refractivity contribution >= 4 is 26.8 Å². The maximum atomic E-state index is 12.0. The molecule has 0 saturated heterocycles. The number of aromatic nitrogens is 1. The van der Waals surface area contributed by atoms with Crippen molar-refractivity contribution in [2.24, 2.45) is 0 Å². The van der Waals surface area contributed by atoms with Gasteiger partial charge in [0.1, 0.15) is 0 Å². The molecule has 118 valence electrons. The molecule has 1 N–H and O–H groups in total. The summed E-state index contributed by atoms with van der Waals surface area (Å²) in [5, 5.41) is 0.912. The van der Waals surface area contributed by atoms with E-state index in [0.717, 1.165) is 28.4 Å². The molecular formula is C17H16N2O3S. The van der Waals surface area contributed by atoms with E-state index >= 15 is 0 Å². The molecule has 0 radical (unpaired) electrons. The fourth-order valence-electron chi connectivity index (χ4n) is 2.57. The summed E-state index contributed by atoms with van der Waals surface area (Å²) in [5.74, 6) is -0.624. The highest BCUT2D eigenvalue weighted by Gasteiger charge is 2.14. The lowest BCUT2D eigenvalue weighted by atomic mass is 10.1. The van der Waals surface area contributed by atoms with Crippen LogP contribution in [0.4, 0.5) is 0 Å². The molecule has 1 amide bonds. The van der Waals surface area contributed by atoms with E-state index in [9.17, 15) is 13.2 Å². The second kappa shape index (κ2) is 5.55. The van der Waals surface area contributed by atoms with Gasteiger partial charge in [0.25, 0.3) is 5.91 Å². The zero-order valence-electron chi connectivity index (χ0n) is 12.8. The molecule has 1 heterocycles. The first-order valence-electron chi connectivity index (χ1n) is 7.04. The minimum Gasteiger partial charge on any atom is -0.316 e. The molecule has 0 spiro atoms. The molecule has 0 aliphatic rings. The molecule has 0 atom stereocenters. The lowest BCUT2D eigenvalue weighted by Gasteiger charge is -2.06. The molecule has 3 rings (SSSR count). The maximum Gasteiger partial charge on any atom is 0.264 e. The van der Waals surface area contributed by atoms with E-state index in [-0.39, 0.29) is 0 Å². The Kier molecular flexibility index (Phi) is 3.69. The van der Waals surface area contributed by atoms with Crippen LogP contribution in [0.3, 0.4) is 0 Å². The SMILES string of the molecule is Cc1cn(-c2ccccc2)c2ccc(C(=O)NS(C)(=O)=O)cc12. The van der Waals surface area contributed by atoms with E-state index in [1.807, 2.05) is 58.8 Å². The van der Waals surface area contributed by atoms with Crippen molar-refractivity contribution in [1.82, 2.24) is 9.29 Å². The van der Waals surface area contributed by atoms with Gasteiger partial charge in [-0.1, -0.05) is 18.2 Å². The number of nitrogens with zero attached hydrogens (tertiary/aromatic N) is 1. The van der Waals surface area contributed by atoms with E-state index in [4.69, 9.17) is 0 Å². The second-order valence-electron chi connectivity index (χ2n) is 5.45. The molecule has 0 aliphatic carbocycles. The Morgan fingerprint density at radius 2 is 1.78 bits per heavy atom. The van der Waals surface area contributed by atoms with Gasteiger partial charge in [-0.25, -0.2) is 13.1 Å². The minimum absolute atomic E-state index is 0.317. The number of hydrogen-bond donors (Lipinski definition) is 1. The third kappa shape index (κ3) is 3.12. The first-order chi connectivity index (χ1) is 10.8. The van der Waals surface area contributed by atoms with Crippen LogP contribution in [0.15, 0.2) is 54.7 Å². The molecular weight excluding hydrogens is 312 g/mol. The summed E-state index contributed by atoms with van der Waals surface area (Å²) in [6, 6.07) is 15.1. The number of carbonyl (C=O) groups excluding carboxylic acids is 1. The van der Waals surface area contributed by atoms with Crippen molar-refractivity contribution in [3.05, 3.63) is 65.9 Å². The van der Waals surface area contributed by atoms with Crippen molar-refractivity contribution in [2.75, 3.05) is 6.26 Å². The summed E-state index contributed by atoms with van der Waals surface area (Å²) in [6.45, 7) is 1.96. The molecule has 6 heteroatoms. The van der Waals surface area contributed by atoms with Crippen LogP contribution in [-0.2, 0) is 10.0 Å². The maximum absolute atomic E-state index is 12.0. The van der Waals surface area contributed by atoms with Crippen LogP contribution in [-0.4, -0.2) is 25.1 Å². The summed E-state index contributed by atoms with van der Waals surface area (Å²) in [4.78, 5) is 12.0. The molecule has 5 nitrogen and oxygen atoms in total. The summed E-state index contributed by atoms with van der Waals surface area (Å²) < 4.78 is 26.4. The Hall–Kier alpha value is -2.60. The van der Waals surface area contributed by atoms with Crippen LogP contribution in [0.25, 0.3) is 16.6 Å². The Bertz CT molecular complexity index is 989. The molecule has 0 aliphatic heterocycles. The Morgan fingerprint density at radius 1 is 1.09 bits per heavy atom. The van der Waals surface area contributed by atoms with Crippen molar-refractivity contribution in [2.45, 2.75) is 6.92 Å². The molecule has 2 aromatic carbocycles. The van der Waals surface area contributed by atoms with Crippen LogP contribution in [0.1, 0.15) is 15.9 Å². The summed E-state index contributed by atoms with van der Waals surface area (Å²) >= 11 is 0. The van der Waals surface area contributed by atoms with Gasteiger partial charge < -0.3 is 4.57 Å². The number of amides is 1. The Balaban J connectivity index is 2.09. The van der Waals surface area contributed by atoms with Crippen LogP contribution in [0, 0.1) is 6.92 Å². The molecule has 23 heavy (non-hydrogen) atoms.